The van der Waals surface area contributed by atoms with Crippen LogP contribution in [0.25, 0.3) is 10.6 Å². The lowest BCUT2D eigenvalue weighted by Gasteiger charge is -2.10. The molecule has 26 heavy (non-hydrogen) atoms. The van der Waals surface area contributed by atoms with E-state index in [2.05, 4.69) is 18.8 Å². The Morgan fingerprint density at radius 2 is 1.69 bits per heavy atom. The molecule has 1 heterocycles. The smallest absolute Gasteiger partial charge is 0.206 e. The van der Waals surface area contributed by atoms with Gasteiger partial charge in [-0.05, 0) is 43.2 Å². The average Bonchev–Trinajstić information content (AvgIpc) is 3.12. The van der Waals surface area contributed by atoms with Crippen molar-refractivity contribution in [1.29, 1.82) is 0 Å². The summed E-state index contributed by atoms with van der Waals surface area (Å²) in [6.07, 6.45) is 0. The number of rotatable bonds is 5. The summed E-state index contributed by atoms with van der Waals surface area (Å²) >= 11 is 1.49. The molecule has 1 aromatic heterocycles. The molecule has 0 amide bonds. The molecule has 0 atom stereocenters. The summed E-state index contributed by atoms with van der Waals surface area (Å²) < 4.78 is 31.4. The van der Waals surface area contributed by atoms with Crippen molar-refractivity contribution in [2.45, 2.75) is 36.5 Å². The van der Waals surface area contributed by atoms with Gasteiger partial charge < -0.3 is 4.74 Å². The summed E-state index contributed by atoms with van der Waals surface area (Å²) in [7, 11) is -2.03. The first kappa shape index (κ1) is 18.6. The van der Waals surface area contributed by atoms with Crippen molar-refractivity contribution in [2.75, 3.05) is 7.11 Å². The second kappa shape index (κ2) is 7.21. The lowest BCUT2D eigenvalue weighted by atomic mass is 10.1. The molecule has 2 aromatic carbocycles. The fraction of sp³-hybridized carbons (Fsp3) is 0.250. The van der Waals surface area contributed by atoms with Crippen LogP contribution in [0.2, 0.25) is 0 Å². The highest BCUT2D eigenvalue weighted by Crippen LogP contribution is 2.36. The quantitative estimate of drug-likeness (QED) is 0.612. The molecule has 3 aromatic rings. The molecule has 0 saturated heterocycles. The molecular formula is C20H21NO3S2. The van der Waals surface area contributed by atoms with Gasteiger partial charge in [-0.25, -0.2) is 13.4 Å². The van der Waals surface area contributed by atoms with Gasteiger partial charge in [-0.3, -0.25) is 0 Å². The SMILES string of the molecule is COc1ccc(S(=O)(=O)c2ccc(C)cc2)cc1-c1nc(C(C)C)cs1. The number of ether oxygens (including phenoxy) is 1. The Labute approximate surface area is 158 Å². The van der Waals surface area contributed by atoms with Gasteiger partial charge in [-0.15, -0.1) is 11.3 Å². The first-order valence-electron chi connectivity index (χ1n) is 8.28. The number of methoxy groups -OCH3 is 1. The molecule has 136 valence electrons. The van der Waals surface area contributed by atoms with E-state index in [1.54, 1.807) is 49.6 Å². The molecule has 4 nitrogen and oxygen atoms in total. The Morgan fingerprint density at radius 1 is 1.04 bits per heavy atom. The van der Waals surface area contributed by atoms with Crippen LogP contribution in [0.3, 0.4) is 0 Å². The maximum Gasteiger partial charge on any atom is 0.206 e. The van der Waals surface area contributed by atoms with E-state index in [0.717, 1.165) is 16.3 Å². The van der Waals surface area contributed by atoms with Gasteiger partial charge in [0.25, 0.3) is 0 Å². The molecule has 0 radical (unpaired) electrons. The largest absolute Gasteiger partial charge is 0.496 e. The van der Waals surface area contributed by atoms with Crippen LogP contribution in [0.4, 0.5) is 0 Å². The number of sulfone groups is 1. The summed E-state index contributed by atoms with van der Waals surface area (Å²) in [5.41, 5.74) is 2.69. The number of hydrogen-bond donors (Lipinski definition) is 0. The van der Waals surface area contributed by atoms with Crippen LogP contribution >= 0.6 is 11.3 Å². The molecule has 0 aliphatic heterocycles. The summed E-state index contributed by atoms with van der Waals surface area (Å²) in [6.45, 7) is 6.08. The minimum atomic E-state index is -3.60. The van der Waals surface area contributed by atoms with Crippen molar-refractivity contribution in [2.24, 2.45) is 0 Å². The van der Waals surface area contributed by atoms with Gasteiger partial charge in [0.15, 0.2) is 0 Å². The van der Waals surface area contributed by atoms with E-state index < -0.39 is 9.84 Å². The van der Waals surface area contributed by atoms with Gasteiger partial charge in [0.1, 0.15) is 10.8 Å². The van der Waals surface area contributed by atoms with Gasteiger partial charge in [0.2, 0.25) is 9.84 Å². The van der Waals surface area contributed by atoms with Crippen LogP contribution in [0.5, 0.6) is 5.75 Å². The number of aryl methyl sites for hydroxylation is 1. The fourth-order valence-corrected chi connectivity index (χ4v) is 4.84. The zero-order valence-electron chi connectivity index (χ0n) is 15.2. The van der Waals surface area contributed by atoms with Gasteiger partial charge in [0, 0.05) is 5.38 Å². The molecule has 0 aliphatic rings. The minimum Gasteiger partial charge on any atom is -0.496 e. The fourth-order valence-electron chi connectivity index (χ4n) is 2.55. The van der Waals surface area contributed by atoms with Crippen LogP contribution < -0.4 is 4.74 Å². The molecule has 3 rings (SSSR count). The Balaban J connectivity index is 2.11. The van der Waals surface area contributed by atoms with E-state index in [9.17, 15) is 8.42 Å². The first-order valence-corrected chi connectivity index (χ1v) is 10.6. The number of hydrogen-bond acceptors (Lipinski definition) is 5. The lowest BCUT2D eigenvalue weighted by Crippen LogP contribution is -2.03. The van der Waals surface area contributed by atoms with Crippen molar-refractivity contribution in [3.8, 4) is 16.3 Å². The van der Waals surface area contributed by atoms with Crippen molar-refractivity contribution < 1.29 is 13.2 Å². The third kappa shape index (κ3) is 3.52. The number of nitrogens with zero attached hydrogens (tertiary/aromatic N) is 1. The number of benzene rings is 2. The van der Waals surface area contributed by atoms with Crippen molar-refractivity contribution in [1.82, 2.24) is 4.98 Å². The summed E-state index contributed by atoms with van der Waals surface area (Å²) in [6, 6.07) is 11.8. The van der Waals surface area contributed by atoms with Gasteiger partial charge in [0.05, 0.1) is 28.2 Å². The van der Waals surface area contributed by atoms with Crippen molar-refractivity contribution in [3.63, 3.8) is 0 Å². The van der Waals surface area contributed by atoms with Crippen LogP contribution in [-0.2, 0) is 9.84 Å². The van der Waals surface area contributed by atoms with Gasteiger partial charge >= 0.3 is 0 Å². The second-order valence-corrected chi connectivity index (χ2v) is 9.22. The molecule has 0 unspecified atom stereocenters. The summed E-state index contributed by atoms with van der Waals surface area (Å²) in [5, 5.41) is 2.76. The molecule has 0 fully saturated rings. The monoisotopic (exact) mass is 387 g/mol. The zero-order chi connectivity index (χ0) is 18.9. The minimum absolute atomic E-state index is 0.235. The standard InChI is InChI=1S/C20H21NO3S2/c1-13(2)18-12-25-20(21-18)17-11-16(9-10-19(17)24-4)26(22,23)15-7-5-14(3)6-8-15/h5-13H,1-4H3. The van der Waals surface area contributed by atoms with E-state index in [0.29, 0.717) is 17.2 Å². The third-order valence-corrected chi connectivity index (χ3v) is 6.82. The predicted molar refractivity (Wildman–Crippen MR) is 105 cm³/mol. The molecule has 0 saturated carbocycles. The van der Waals surface area contributed by atoms with E-state index >= 15 is 0 Å². The average molecular weight is 388 g/mol. The van der Waals surface area contributed by atoms with Crippen molar-refractivity contribution >= 4 is 21.2 Å². The normalized spacial score (nSPS) is 11.7. The molecule has 0 spiro atoms. The predicted octanol–water partition coefficient (Wildman–Crippen LogP) is 5.08. The third-order valence-electron chi connectivity index (χ3n) is 4.16. The maximum atomic E-state index is 13.0. The topological polar surface area (TPSA) is 56.3 Å². The molecule has 0 aliphatic carbocycles. The molecule has 6 heteroatoms. The van der Waals surface area contributed by atoms with E-state index in [1.807, 2.05) is 12.3 Å². The van der Waals surface area contributed by atoms with Crippen LogP contribution in [-0.4, -0.2) is 20.5 Å². The maximum absolute atomic E-state index is 13.0. The Morgan fingerprint density at radius 3 is 2.27 bits per heavy atom. The highest BCUT2D eigenvalue weighted by molar-refractivity contribution is 7.91. The Hall–Kier alpha value is -2.18. The van der Waals surface area contributed by atoms with Gasteiger partial charge in [-0.2, -0.15) is 0 Å². The second-order valence-electron chi connectivity index (χ2n) is 6.41. The summed E-state index contributed by atoms with van der Waals surface area (Å²) in [4.78, 5) is 5.15. The van der Waals surface area contributed by atoms with Crippen molar-refractivity contribution in [3.05, 3.63) is 59.1 Å². The number of aromatic nitrogens is 1. The van der Waals surface area contributed by atoms with E-state index in [4.69, 9.17) is 4.74 Å². The first-order chi connectivity index (χ1) is 12.3. The van der Waals surface area contributed by atoms with E-state index in [1.165, 1.54) is 11.3 Å². The highest BCUT2D eigenvalue weighted by Gasteiger charge is 2.21. The number of thiazole rings is 1. The van der Waals surface area contributed by atoms with Crippen LogP contribution in [0.15, 0.2) is 57.6 Å². The zero-order valence-corrected chi connectivity index (χ0v) is 16.8. The highest BCUT2D eigenvalue weighted by atomic mass is 32.2. The van der Waals surface area contributed by atoms with Gasteiger partial charge in [-0.1, -0.05) is 31.5 Å². The Bertz CT molecular complexity index is 1020. The molecular weight excluding hydrogens is 366 g/mol. The molecule has 0 bridgehead atoms. The lowest BCUT2D eigenvalue weighted by molar-refractivity contribution is 0.416. The Kier molecular flexibility index (Phi) is 5.16. The summed E-state index contributed by atoms with van der Waals surface area (Å²) in [5.74, 6) is 0.919. The van der Waals surface area contributed by atoms with Crippen LogP contribution in [0, 0.1) is 6.92 Å². The van der Waals surface area contributed by atoms with Crippen LogP contribution in [0.1, 0.15) is 31.0 Å². The van der Waals surface area contributed by atoms with E-state index in [-0.39, 0.29) is 9.79 Å². The molecule has 0 N–H and O–H groups in total.